The summed E-state index contributed by atoms with van der Waals surface area (Å²) in [5, 5.41) is 8.76. The van der Waals surface area contributed by atoms with E-state index < -0.39 is 0 Å². The van der Waals surface area contributed by atoms with E-state index in [2.05, 4.69) is 11.0 Å². The molecule has 0 bridgehead atoms. The van der Waals surface area contributed by atoms with Crippen LogP contribution in [0.1, 0.15) is 5.56 Å². The molecule has 15 heavy (non-hydrogen) atoms. The van der Waals surface area contributed by atoms with Gasteiger partial charge >= 0.3 is 0 Å². The van der Waals surface area contributed by atoms with Crippen LogP contribution in [0.5, 0.6) is 0 Å². The summed E-state index contributed by atoms with van der Waals surface area (Å²) in [5.74, 6) is 0.978. The van der Waals surface area contributed by atoms with Crippen molar-refractivity contribution in [1.29, 1.82) is 5.26 Å². The van der Waals surface area contributed by atoms with Gasteiger partial charge in [-0.2, -0.15) is 5.26 Å². The Kier molecular flexibility index (Phi) is 4.47. The normalized spacial score (nSPS) is 10.3. The molecule has 3 nitrogen and oxygen atoms in total. The number of benzene rings is 1. The fourth-order valence-electron chi connectivity index (χ4n) is 1.07. The summed E-state index contributed by atoms with van der Waals surface area (Å²) in [6.07, 6.45) is 0. The van der Waals surface area contributed by atoms with Gasteiger partial charge in [0.05, 0.1) is 11.6 Å². The van der Waals surface area contributed by atoms with Crippen LogP contribution in [0.3, 0.4) is 0 Å². The lowest BCUT2D eigenvalue weighted by molar-refractivity contribution is 0.437. The molecule has 1 rings (SSSR count). The smallest absolute Gasteiger partial charge is 0.0992 e. The highest BCUT2D eigenvalue weighted by Crippen LogP contribution is 2.25. The molecule has 80 valence electrons. The number of nitrogens with two attached hydrogens (primary N) is 1. The van der Waals surface area contributed by atoms with Gasteiger partial charge in [0, 0.05) is 22.9 Å². The number of anilines is 1. The molecule has 0 aliphatic heterocycles. The fraction of sp³-hybridized carbons (Fsp3) is 0.364. The lowest BCUT2D eigenvalue weighted by Gasteiger charge is -2.10. The van der Waals surface area contributed by atoms with Gasteiger partial charge in [0.2, 0.25) is 0 Å². The predicted octanol–water partition coefficient (Wildman–Crippen LogP) is 1.79. The Bertz CT molecular complexity index is 369. The number of thioether (sulfide) groups is 1. The van der Waals surface area contributed by atoms with E-state index in [-0.39, 0.29) is 0 Å². The SMILES string of the molecule is CN(C)CCSc1cc(C#N)ccc1N. The molecule has 1 aromatic carbocycles. The van der Waals surface area contributed by atoms with Gasteiger partial charge in [0.25, 0.3) is 0 Å². The first kappa shape index (κ1) is 11.9. The van der Waals surface area contributed by atoms with Gasteiger partial charge in [-0.25, -0.2) is 0 Å². The quantitative estimate of drug-likeness (QED) is 0.622. The Morgan fingerprint density at radius 1 is 1.47 bits per heavy atom. The third kappa shape index (κ3) is 3.82. The van der Waals surface area contributed by atoms with Gasteiger partial charge in [0.1, 0.15) is 0 Å². The van der Waals surface area contributed by atoms with Crippen molar-refractivity contribution in [3.63, 3.8) is 0 Å². The first-order valence-corrected chi connectivity index (χ1v) is 5.69. The van der Waals surface area contributed by atoms with Gasteiger partial charge < -0.3 is 10.6 Å². The van der Waals surface area contributed by atoms with Crippen LogP contribution in [0, 0.1) is 11.3 Å². The Hall–Kier alpha value is -1.18. The second kappa shape index (κ2) is 5.64. The Morgan fingerprint density at radius 2 is 2.20 bits per heavy atom. The van der Waals surface area contributed by atoms with Crippen LogP contribution in [0.15, 0.2) is 23.1 Å². The molecule has 0 atom stereocenters. The minimum Gasteiger partial charge on any atom is -0.398 e. The second-order valence-electron chi connectivity index (χ2n) is 3.52. The maximum Gasteiger partial charge on any atom is 0.0992 e. The second-order valence-corrected chi connectivity index (χ2v) is 4.65. The molecule has 0 fully saturated rings. The molecule has 0 aromatic heterocycles. The zero-order valence-corrected chi connectivity index (χ0v) is 9.84. The number of nitriles is 1. The van der Waals surface area contributed by atoms with Crippen molar-refractivity contribution in [2.75, 3.05) is 32.1 Å². The van der Waals surface area contributed by atoms with Gasteiger partial charge in [-0.05, 0) is 32.3 Å². The molecule has 0 spiro atoms. The lowest BCUT2D eigenvalue weighted by atomic mass is 10.2. The molecule has 0 heterocycles. The van der Waals surface area contributed by atoms with E-state index in [0.29, 0.717) is 5.56 Å². The number of hydrogen-bond acceptors (Lipinski definition) is 4. The molecule has 0 amide bonds. The summed E-state index contributed by atoms with van der Waals surface area (Å²) in [6.45, 7) is 1.00. The maximum absolute atomic E-state index is 8.76. The van der Waals surface area contributed by atoms with Crippen LogP contribution in [-0.2, 0) is 0 Å². The number of nitrogen functional groups attached to an aromatic ring is 1. The first-order chi connectivity index (χ1) is 7.13. The standard InChI is InChI=1S/C11H15N3S/c1-14(2)5-6-15-11-7-9(8-12)3-4-10(11)13/h3-4,7H,5-6,13H2,1-2H3. The Labute approximate surface area is 94.9 Å². The van der Waals surface area contributed by atoms with Crippen molar-refractivity contribution in [3.8, 4) is 6.07 Å². The highest BCUT2D eigenvalue weighted by Gasteiger charge is 2.02. The summed E-state index contributed by atoms with van der Waals surface area (Å²) < 4.78 is 0. The molecule has 0 saturated heterocycles. The zero-order valence-electron chi connectivity index (χ0n) is 9.03. The molecule has 4 heteroatoms. The number of nitrogens with zero attached hydrogens (tertiary/aromatic N) is 2. The summed E-state index contributed by atoms with van der Waals surface area (Å²) >= 11 is 1.69. The average Bonchev–Trinajstić information content (AvgIpc) is 2.20. The molecule has 0 radical (unpaired) electrons. The Morgan fingerprint density at radius 3 is 2.80 bits per heavy atom. The van der Waals surface area contributed by atoms with Crippen molar-refractivity contribution < 1.29 is 0 Å². The van der Waals surface area contributed by atoms with Crippen LogP contribution >= 0.6 is 11.8 Å². The van der Waals surface area contributed by atoms with Crippen molar-refractivity contribution in [2.45, 2.75) is 4.90 Å². The highest BCUT2D eigenvalue weighted by atomic mass is 32.2. The third-order valence-corrected chi connectivity index (χ3v) is 2.99. The minimum atomic E-state index is 0.663. The monoisotopic (exact) mass is 221 g/mol. The summed E-state index contributed by atoms with van der Waals surface area (Å²) in [6, 6.07) is 7.49. The van der Waals surface area contributed by atoms with Crippen molar-refractivity contribution in [3.05, 3.63) is 23.8 Å². The van der Waals surface area contributed by atoms with Crippen LogP contribution in [0.4, 0.5) is 5.69 Å². The van der Waals surface area contributed by atoms with Crippen LogP contribution in [0.2, 0.25) is 0 Å². The van der Waals surface area contributed by atoms with E-state index in [4.69, 9.17) is 11.0 Å². The lowest BCUT2D eigenvalue weighted by Crippen LogP contribution is -2.14. The fourth-order valence-corrected chi connectivity index (χ4v) is 2.19. The molecule has 0 aliphatic rings. The van der Waals surface area contributed by atoms with Crippen LogP contribution in [-0.4, -0.2) is 31.3 Å². The minimum absolute atomic E-state index is 0.663. The van der Waals surface area contributed by atoms with Gasteiger partial charge in [-0.3, -0.25) is 0 Å². The van der Waals surface area contributed by atoms with Crippen LogP contribution in [0.25, 0.3) is 0 Å². The number of rotatable bonds is 4. The molecular formula is C11H15N3S. The topological polar surface area (TPSA) is 53.0 Å². The zero-order chi connectivity index (χ0) is 11.3. The van der Waals surface area contributed by atoms with Gasteiger partial charge in [0.15, 0.2) is 0 Å². The highest BCUT2D eigenvalue weighted by molar-refractivity contribution is 7.99. The van der Waals surface area contributed by atoms with E-state index in [9.17, 15) is 0 Å². The molecule has 2 N–H and O–H groups in total. The van der Waals surface area contributed by atoms with E-state index >= 15 is 0 Å². The molecule has 1 aromatic rings. The predicted molar refractivity (Wildman–Crippen MR) is 64.8 cm³/mol. The number of hydrogen-bond donors (Lipinski definition) is 1. The molecule has 0 unspecified atom stereocenters. The summed E-state index contributed by atoms with van der Waals surface area (Å²) in [7, 11) is 4.07. The van der Waals surface area contributed by atoms with Crippen molar-refractivity contribution in [2.24, 2.45) is 0 Å². The maximum atomic E-state index is 8.76. The molecule has 0 saturated carbocycles. The van der Waals surface area contributed by atoms with E-state index in [1.807, 2.05) is 20.2 Å². The van der Waals surface area contributed by atoms with Gasteiger partial charge in [-0.15, -0.1) is 11.8 Å². The first-order valence-electron chi connectivity index (χ1n) is 4.70. The Balaban J connectivity index is 2.64. The van der Waals surface area contributed by atoms with E-state index in [1.54, 1.807) is 23.9 Å². The average molecular weight is 221 g/mol. The molecular weight excluding hydrogens is 206 g/mol. The summed E-state index contributed by atoms with van der Waals surface area (Å²) in [4.78, 5) is 3.12. The van der Waals surface area contributed by atoms with E-state index in [1.165, 1.54) is 0 Å². The van der Waals surface area contributed by atoms with Crippen molar-refractivity contribution in [1.82, 2.24) is 4.90 Å². The summed E-state index contributed by atoms with van der Waals surface area (Å²) in [5.41, 5.74) is 7.23. The third-order valence-electron chi connectivity index (χ3n) is 1.94. The van der Waals surface area contributed by atoms with Crippen molar-refractivity contribution >= 4 is 17.4 Å². The van der Waals surface area contributed by atoms with Crippen LogP contribution < -0.4 is 5.73 Å². The largest absolute Gasteiger partial charge is 0.398 e. The van der Waals surface area contributed by atoms with E-state index in [0.717, 1.165) is 22.9 Å². The van der Waals surface area contributed by atoms with Gasteiger partial charge in [-0.1, -0.05) is 0 Å². The molecule has 0 aliphatic carbocycles.